The molecule has 11 heteroatoms. The summed E-state index contributed by atoms with van der Waals surface area (Å²) in [6.07, 6.45) is 0. The maximum Gasteiger partial charge on any atom is 0.267 e. The van der Waals surface area contributed by atoms with Crippen molar-refractivity contribution >= 4 is 29.2 Å². The predicted molar refractivity (Wildman–Crippen MR) is 131 cm³/mol. The van der Waals surface area contributed by atoms with Crippen LogP contribution in [0.5, 0.6) is 0 Å². The molecule has 7 N–H and O–H groups in total. The molecule has 0 unspecified atom stereocenters. The molecular weight excluding hydrogens is 452 g/mol. The van der Waals surface area contributed by atoms with E-state index in [1.54, 1.807) is 24.3 Å². The summed E-state index contributed by atoms with van der Waals surface area (Å²) in [7, 11) is 0. The summed E-state index contributed by atoms with van der Waals surface area (Å²) >= 11 is 1.11. The van der Waals surface area contributed by atoms with E-state index in [9.17, 15) is 20.1 Å². The molecule has 0 fully saturated rings. The van der Waals surface area contributed by atoms with Crippen molar-refractivity contribution in [2.24, 2.45) is 16.8 Å². The van der Waals surface area contributed by atoms with Gasteiger partial charge < -0.3 is 21.6 Å². The molecule has 2 aromatic carbocycles. The first-order valence-corrected chi connectivity index (χ1v) is 10.9. The van der Waals surface area contributed by atoms with Gasteiger partial charge in [0, 0.05) is 18.2 Å². The number of nitriles is 2. The van der Waals surface area contributed by atoms with Crippen LogP contribution in [0, 0.1) is 22.7 Å². The topological polar surface area (TPSA) is 186 Å². The number of amidine groups is 1. The van der Waals surface area contributed by atoms with Crippen LogP contribution in [0.1, 0.15) is 18.1 Å². The Hall–Kier alpha value is -4.58. The van der Waals surface area contributed by atoms with Gasteiger partial charge in [-0.3, -0.25) is 9.59 Å². The lowest BCUT2D eigenvalue weighted by atomic mass is 9.95. The van der Waals surface area contributed by atoms with Gasteiger partial charge in [0.25, 0.3) is 5.56 Å². The van der Waals surface area contributed by atoms with Crippen LogP contribution in [-0.2, 0) is 4.79 Å². The minimum absolute atomic E-state index is 0.153. The molecule has 0 saturated heterocycles. The van der Waals surface area contributed by atoms with Crippen LogP contribution >= 0.6 is 11.8 Å². The summed E-state index contributed by atoms with van der Waals surface area (Å²) in [6, 6.07) is 18.5. The van der Waals surface area contributed by atoms with E-state index in [2.05, 4.69) is 26.9 Å². The number of thioether (sulfide) groups is 1. The number of benzene rings is 2. The molecule has 3 aromatic rings. The number of hydrazine groups is 1. The van der Waals surface area contributed by atoms with Crippen LogP contribution in [0.25, 0.3) is 22.3 Å². The summed E-state index contributed by atoms with van der Waals surface area (Å²) < 4.78 is 0. The summed E-state index contributed by atoms with van der Waals surface area (Å²) in [4.78, 5) is 26.4. The fourth-order valence-corrected chi connectivity index (χ4v) is 4.12. The number of H-pyrrole nitrogens is 1. The fraction of sp³-hybridized carbons (Fsp3) is 0.0870. The number of nitrogens with two attached hydrogens (primary N) is 2. The number of amides is 1. The number of hydrogen-bond donors (Lipinski definition) is 5. The monoisotopic (exact) mass is 472 g/mol. The first-order valence-electron chi connectivity index (χ1n) is 9.87. The molecule has 0 aliphatic heterocycles. The zero-order valence-corrected chi connectivity index (χ0v) is 18.9. The maximum absolute atomic E-state index is 12.6. The van der Waals surface area contributed by atoms with Crippen molar-refractivity contribution in [3.8, 4) is 34.4 Å². The molecule has 1 aromatic heterocycles. The maximum atomic E-state index is 12.6. The molecule has 0 aliphatic carbocycles. The van der Waals surface area contributed by atoms with E-state index >= 15 is 0 Å². The number of carbonyl (C=O) groups is 1. The Morgan fingerprint density at radius 3 is 2.09 bits per heavy atom. The Morgan fingerprint density at radius 1 is 1.03 bits per heavy atom. The summed E-state index contributed by atoms with van der Waals surface area (Å²) in [5, 5.41) is 25.9. The Morgan fingerprint density at radius 2 is 1.59 bits per heavy atom. The lowest BCUT2D eigenvalue weighted by Gasteiger charge is -2.12. The van der Waals surface area contributed by atoms with Crippen molar-refractivity contribution in [1.82, 2.24) is 10.4 Å². The summed E-state index contributed by atoms with van der Waals surface area (Å²) in [6.45, 7) is 1.44. The molecule has 0 bridgehead atoms. The van der Waals surface area contributed by atoms with E-state index in [1.807, 2.05) is 30.3 Å². The van der Waals surface area contributed by atoms with Crippen LogP contribution in [0.2, 0.25) is 0 Å². The summed E-state index contributed by atoms with van der Waals surface area (Å²) in [5.74, 6) is 10.9. The molecule has 3 rings (SSSR count). The van der Waals surface area contributed by atoms with Gasteiger partial charge in [-0.05, 0) is 28.8 Å². The number of nitrogens with zero attached hydrogens (tertiary/aromatic N) is 3. The zero-order valence-electron chi connectivity index (χ0n) is 18.0. The van der Waals surface area contributed by atoms with Crippen LogP contribution in [-0.4, -0.2) is 22.5 Å². The van der Waals surface area contributed by atoms with Crippen molar-refractivity contribution in [3.63, 3.8) is 0 Å². The first kappa shape index (κ1) is 24.1. The molecule has 0 aliphatic rings. The van der Waals surface area contributed by atoms with Gasteiger partial charge >= 0.3 is 0 Å². The third kappa shape index (κ3) is 5.24. The van der Waals surface area contributed by atoms with Crippen molar-refractivity contribution < 1.29 is 4.79 Å². The quantitative estimate of drug-likeness (QED) is 0.119. The minimum Gasteiger partial charge on any atom is -0.326 e. The molecule has 1 heterocycles. The van der Waals surface area contributed by atoms with Gasteiger partial charge in [0.1, 0.15) is 23.5 Å². The number of hydrogen-bond acceptors (Lipinski definition) is 8. The third-order valence-corrected chi connectivity index (χ3v) is 5.81. The predicted octanol–water partition coefficient (Wildman–Crippen LogP) is 2.24. The highest BCUT2D eigenvalue weighted by atomic mass is 32.2. The highest BCUT2D eigenvalue weighted by Crippen LogP contribution is 2.32. The Kier molecular flexibility index (Phi) is 7.67. The molecule has 10 nitrogen and oxygen atoms in total. The lowest BCUT2D eigenvalue weighted by molar-refractivity contribution is -0.114. The van der Waals surface area contributed by atoms with Crippen LogP contribution in [0.4, 0.5) is 5.69 Å². The summed E-state index contributed by atoms with van der Waals surface area (Å²) in [5.41, 5.74) is 4.99. The van der Waals surface area contributed by atoms with E-state index in [1.165, 1.54) is 6.92 Å². The number of carbonyl (C=O) groups excluding carboxylic acids is 1. The molecular formula is C23H20N8O2S. The normalized spacial score (nSPS) is 10.8. The van der Waals surface area contributed by atoms with Gasteiger partial charge in [-0.25, -0.2) is 5.84 Å². The lowest BCUT2D eigenvalue weighted by Crippen LogP contribution is -2.33. The standard InChI is InChI=1S/C23H20N8O2S/c1-13(32)28-17-8-6-15(7-9-17)14-2-4-16(5-3-14)21-18(10-24)22(33)29-23(19(21)11-25)34-12-20(30-26)31-27/h2-9H,12,26-27H2,1H3,(H,28,32)(H,29,33)(H,30,31). The van der Waals surface area contributed by atoms with Crippen molar-refractivity contribution in [3.05, 3.63) is 70.0 Å². The first-order chi connectivity index (χ1) is 16.4. The van der Waals surface area contributed by atoms with Crippen molar-refractivity contribution in [1.29, 1.82) is 10.5 Å². The van der Waals surface area contributed by atoms with Crippen LogP contribution < -0.4 is 28.0 Å². The number of aromatic amines is 1. The van der Waals surface area contributed by atoms with E-state index in [0.717, 1.165) is 22.9 Å². The van der Waals surface area contributed by atoms with Gasteiger partial charge in [-0.2, -0.15) is 15.6 Å². The van der Waals surface area contributed by atoms with Gasteiger partial charge in [-0.1, -0.05) is 48.2 Å². The average molecular weight is 473 g/mol. The van der Waals surface area contributed by atoms with E-state index in [-0.39, 0.29) is 39.2 Å². The smallest absolute Gasteiger partial charge is 0.267 e. The number of rotatable bonds is 6. The number of anilines is 1. The molecule has 34 heavy (non-hydrogen) atoms. The second kappa shape index (κ2) is 10.8. The van der Waals surface area contributed by atoms with Crippen molar-refractivity contribution in [2.75, 3.05) is 11.1 Å². The number of hydrazone groups is 1. The Labute approximate surface area is 199 Å². The Bertz CT molecular complexity index is 1380. The number of aromatic nitrogens is 1. The average Bonchev–Trinajstić information content (AvgIpc) is 2.84. The van der Waals surface area contributed by atoms with Gasteiger partial charge in [0.15, 0.2) is 0 Å². The van der Waals surface area contributed by atoms with Crippen LogP contribution in [0.15, 0.2) is 63.5 Å². The second-order valence-electron chi connectivity index (χ2n) is 6.98. The molecule has 0 saturated carbocycles. The number of nitrogens with one attached hydrogen (secondary N) is 3. The fourth-order valence-electron chi connectivity index (χ4n) is 3.23. The number of pyridine rings is 1. The molecule has 0 spiro atoms. The van der Waals surface area contributed by atoms with Crippen LogP contribution in [0.3, 0.4) is 0 Å². The largest absolute Gasteiger partial charge is 0.326 e. The molecule has 0 atom stereocenters. The van der Waals surface area contributed by atoms with Gasteiger partial charge in [0.05, 0.1) is 16.3 Å². The molecule has 1 amide bonds. The minimum atomic E-state index is -0.608. The van der Waals surface area contributed by atoms with E-state index < -0.39 is 5.56 Å². The second-order valence-corrected chi connectivity index (χ2v) is 7.96. The van der Waals surface area contributed by atoms with E-state index in [0.29, 0.717) is 11.3 Å². The molecule has 170 valence electrons. The zero-order chi connectivity index (χ0) is 24.7. The SMILES string of the molecule is CC(=O)Nc1ccc(-c2ccc(-c3c(C#N)c(SC/C(=N/N)NN)[nH]c(=O)c3C#N)cc2)cc1. The Balaban J connectivity index is 2.01. The van der Waals surface area contributed by atoms with Crippen molar-refractivity contribution in [2.45, 2.75) is 11.9 Å². The third-order valence-electron chi connectivity index (χ3n) is 4.79. The van der Waals surface area contributed by atoms with Gasteiger partial charge in [-0.15, -0.1) is 0 Å². The van der Waals surface area contributed by atoms with E-state index in [4.69, 9.17) is 11.7 Å². The molecule has 0 radical (unpaired) electrons. The highest BCUT2D eigenvalue weighted by Gasteiger charge is 2.20. The highest BCUT2D eigenvalue weighted by molar-refractivity contribution is 8.00. The van der Waals surface area contributed by atoms with Gasteiger partial charge in [0.2, 0.25) is 5.91 Å².